The normalized spacial score (nSPS) is 19.1. The lowest BCUT2D eigenvalue weighted by Crippen LogP contribution is -2.48. The number of benzene rings is 1. The van der Waals surface area contributed by atoms with Crippen LogP contribution < -0.4 is 0 Å². The van der Waals surface area contributed by atoms with E-state index in [0.29, 0.717) is 5.41 Å². The Labute approximate surface area is 112 Å². The Hall–Kier alpha value is -0.860. The fraction of sp³-hybridized carbons (Fsp3) is 0.625. The van der Waals surface area contributed by atoms with Crippen LogP contribution >= 0.6 is 0 Å². The first-order valence-corrected chi connectivity index (χ1v) is 7.02. The minimum atomic E-state index is 0.418. The smallest absolute Gasteiger partial charge is 0.0234 e. The number of nitrogens with zero attached hydrogens (tertiary/aromatic N) is 2. The predicted octanol–water partition coefficient (Wildman–Crippen LogP) is 2.85. The van der Waals surface area contributed by atoms with Crippen molar-refractivity contribution in [1.82, 2.24) is 9.80 Å². The van der Waals surface area contributed by atoms with E-state index in [4.69, 9.17) is 0 Å². The quantitative estimate of drug-likeness (QED) is 0.809. The van der Waals surface area contributed by atoms with E-state index >= 15 is 0 Å². The molecule has 1 saturated heterocycles. The van der Waals surface area contributed by atoms with Gasteiger partial charge in [0.25, 0.3) is 0 Å². The Morgan fingerprint density at radius 1 is 0.889 bits per heavy atom. The highest BCUT2D eigenvalue weighted by Crippen LogP contribution is 2.17. The van der Waals surface area contributed by atoms with Crippen LogP contribution in [-0.4, -0.2) is 42.5 Å². The molecule has 0 bridgehead atoms. The van der Waals surface area contributed by atoms with Crippen LogP contribution in [0, 0.1) is 5.41 Å². The van der Waals surface area contributed by atoms with Crippen molar-refractivity contribution in [3.05, 3.63) is 35.9 Å². The highest BCUT2D eigenvalue weighted by molar-refractivity contribution is 5.14. The second-order valence-corrected chi connectivity index (χ2v) is 6.60. The maximum absolute atomic E-state index is 2.60. The largest absolute Gasteiger partial charge is 0.300 e. The number of hydrogen-bond donors (Lipinski definition) is 0. The van der Waals surface area contributed by atoms with Gasteiger partial charge >= 0.3 is 0 Å². The van der Waals surface area contributed by atoms with Crippen LogP contribution in [0.3, 0.4) is 0 Å². The van der Waals surface area contributed by atoms with Crippen molar-refractivity contribution in [1.29, 1.82) is 0 Å². The van der Waals surface area contributed by atoms with Crippen LogP contribution in [0.4, 0.5) is 0 Å². The third-order valence-electron chi connectivity index (χ3n) is 3.41. The van der Waals surface area contributed by atoms with Crippen LogP contribution in [0.1, 0.15) is 26.3 Å². The average molecular weight is 246 g/mol. The van der Waals surface area contributed by atoms with E-state index in [1.54, 1.807) is 0 Å². The van der Waals surface area contributed by atoms with Crippen LogP contribution in [-0.2, 0) is 6.54 Å². The Morgan fingerprint density at radius 3 is 2.00 bits per heavy atom. The molecular formula is C16H26N2. The lowest BCUT2D eigenvalue weighted by molar-refractivity contribution is 0.0983. The van der Waals surface area contributed by atoms with Gasteiger partial charge < -0.3 is 4.90 Å². The van der Waals surface area contributed by atoms with E-state index in [1.165, 1.54) is 38.3 Å². The van der Waals surface area contributed by atoms with Crippen molar-refractivity contribution in [2.75, 3.05) is 32.7 Å². The maximum Gasteiger partial charge on any atom is 0.0234 e. The second-order valence-electron chi connectivity index (χ2n) is 6.60. The molecule has 0 saturated carbocycles. The average Bonchev–Trinajstić information content (AvgIpc) is 2.31. The van der Waals surface area contributed by atoms with Gasteiger partial charge in [-0.2, -0.15) is 0 Å². The van der Waals surface area contributed by atoms with E-state index in [9.17, 15) is 0 Å². The zero-order chi connectivity index (χ0) is 13.0. The molecule has 0 spiro atoms. The Balaban J connectivity index is 1.77. The Morgan fingerprint density at radius 2 is 1.44 bits per heavy atom. The molecule has 0 aliphatic carbocycles. The molecule has 1 aliphatic rings. The first-order valence-electron chi connectivity index (χ1n) is 7.02. The summed E-state index contributed by atoms with van der Waals surface area (Å²) >= 11 is 0. The number of hydrogen-bond acceptors (Lipinski definition) is 2. The van der Waals surface area contributed by atoms with E-state index in [2.05, 4.69) is 60.9 Å². The lowest BCUT2D eigenvalue weighted by atomic mass is 9.96. The topological polar surface area (TPSA) is 6.48 Å². The van der Waals surface area contributed by atoms with E-state index < -0.39 is 0 Å². The molecule has 2 nitrogen and oxygen atoms in total. The molecule has 1 fully saturated rings. The van der Waals surface area contributed by atoms with Gasteiger partial charge in [-0.3, -0.25) is 4.90 Å². The van der Waals surface area contributed by atoms with Crippen LogP contribution in [0.2, 0.25) is 0 Å². The molecule has 1 aromatic carbocycles. The maximum atomic E-state index is 2.60. The minimum Gasteiger partial charge on any atom is -0.300 e. The van der Waals surface area contributed by atoms with Crippen LogP contribution in [0.25, 0.3) is 0 Å². The van der Waals surface area contributed by atoms with Gasteiger partial charge in [0.05, 0.1) is 0 Å². The highest BCUT2D eigenvalue weighted by atomic mass is 15.3. The first-order chi connectivity index (χ1) is 8.53. The zero-order valence-electron chi connectivity index (χ0n) is 12.0. The van der Waals surface area contributed by atoms with Gasteiger partial charge in [0, 0.05) is 39.3 Å². The van der Waals surface area contributed by atoms with Crippen molar-refractivity contribution >= 4 is 0 Å². The summed E-state index contributed by atoms with van der Waals surface area (Å²) in [6, 6.07) is 10.8. The van der Waals surface area contributed by atoms with Gasteiger partial charge in [0.2, 0.25) is 0 Å². The molecule has 1 aromatic rings. The summed E-state index contributed by atoms with van der Waals surface area (Å²) in [6.07, 6.45) is 0. The second kappa shape index (κ2) is 5.85. The predicted molar refractivity (Wildman–Crippen MR) is 77.6 cm³/mol. The SMILES string of the molecule is CC(C)(C)CN1CCN(Cc2ccccc2)CC1. The molecule has 1 aliphatic heterocycles. The van der Waals surface area contributed by atoms with Gasteiger partial charge in [-0.05, 0) is 11.0 Å². The van der Waals surface area contributed by atoms with Gasteiger partial charge in [-0.1, -0.05) is 51.1 Å². The molecule has 1 heterocycles. The monoisotopic (exact) mass is 246 g/mol. The fourth-order valence-electron chi connectivity index (χ4n) is 2.62. The molecule has 2 rings (SSSR count). The van der Waals surface area contributed by atoms with Crippen molar-refractivity contribution < 1.29 is 0 Å². The Kier molecular flexibility index (Phi) is 4.41. The summed E-state index contributed by atoms with van der Waals surface area (Å²) in [4.78, 5) is 5.16. The fourth-order valence-corrected chi connectivity index (χ4v) is 2.62. The summed E-state index contributed by atoms with van der Waals surface area (Å²) in [7, 11) is 0. The van der Waals surface area contributed by atoms with Crippen LogP contribution in [0.5, 0.6) is 0 Å². The molecule has 2 heteroatoms. The highest BCUT2D eigenvalue weighted by Gasteiger charge is 2.21. The molecule has 0 aromatic heterocycles. The number of rotatable bonds is 3. The lowest BCUT2D eigenvalue weighted by Gasteiger charge is -2.37. The summed E-state index contributed by atoms with van der Waals surface area (Å²) in [5.74, 6) is 0. The van der Waals surface area contributed by atoms with Gasteiger partial charge in [-0.15, -0.1) is 0 Å². The van der Waals surface area contributed by atoms with Crippen molar-refractivity contribution in [3.8, 4) is 0 Å². The third kappa shape index (κ3) is 4.43. The third-order valence-corrected chi connectivity index (χ3v) is 3.41. The van der Waals surface area contributed by atoms with E-state index in [1.807, 2.05) is 0 Å². The molecule has 0 unspecified atom stereocenters. The van der Waals surface area contributed by atoms with Crippen LogP contribution in [0.15, 0.2) is 30.3 Å². The van der Waals surface area contributed by atoms with Crippen molar-refractivity contribution in [3.63, 3.8) is 0 Å². The summed E-state index contributed by atoms with van der Waals surface area (Å²) in [5, 5.41) is 0. The molecule has 0 atom stereocenters. The van der Waals surface area contributed by atoms with Gasteiger partial charge in [0.1, 0.15) is 0 Å². The molecule has 18 heavy (non-hydrogen) atoms. The molecule has 100 valence electrons. The Bertz CT molecular complexity index is 345. The van der Waals surface area contributed by atoms with Gasteiger partial charge in [-0.25, -0.2) is 0 Å². The summed E-state index contributed by atoms with van der Waals surface area (Å²) in [6.45, 7) is 14.1. The van der Waals surface area contributed by atoms with Gasteiger partial charge in [0.15, 0.2) is 0 Å². The first kappa shape index (κ1) is 13.6. The van der Waals surface area contributed by atoms with Crippen molar-refractivity contribution in [2.24, 2.45) is 5.41 Å². The molecule has 0 amide bonds. The molecular weight excluding hydrogens is 220 g/mol. The standard InChI is InChI=1S/C16H26N2/c1-16(2,3)14-18-11-9-17(10-12-18)13-15-7-5-4-6-8-15/h4-8H,9-14H2,1-3H3. The van der Waals surface area contributed by atoms with Crippen molar-refractivity contribution in [2.45, 2.75) is 27.3 Å². The van der Waals surface area contributed by atoms with E-state index in [-0.39, 0.29) is 0 Å². The minimum absolute atomic E-state index is 0.418. The van der Waals surface area contributed by atoms with E-state index in [0.717, 1.165) is 6.54 Å². The molecule has 0 radical (unpaired) electrons. The number of piperazine rings is 1. The summed E-state index contributed by atoms with van der Waals surface area (Å²) < 4.78 is 0. The molecule has 0 N–H and O–H groups in total. The summed E-state index contributed by atoms with van der Waals surface area (Å²) in [5.41, 5.74) is 1.85. The zero-order valence-corrected chi connectivity index (χ0v) is 12.0.